The number of rotatable bonds is 8. The van der Waals surface area contributed by atoms with Gasteiger partial charge in [-0.25, -0.2) is 4.79 Å². The maximum absolute atomic E-state index is 11.5. The van der Waals surface area contributed by atoms with Gasteiger partial charge in [-0.1, -0.05) is 26.2 Å². The smallest absolute Gasteiger partial charge is 0.372 e. The number of aromatic nitrogens is 1. The van der Waals surface area contributed by atoms with Gasteiger partial charge in [-0.2, -0.15) is 4.57 Å². The fourth-order valence-corrected chi connectivity index (χ4v) is 1.64. The number of hydrogen-bond acceptors (Lipinski definition) is 3. The number of unbranched alkanes of at least 4 members (excludes halogenated alkanes) is 3. The Bertz CT molecular complexity index is 421. The fourth-order valence-electron chi connectivity index (χ4n) is 1.64. The van der Waals surface area contributed by atoms with Crippen LogP contribution in [0.2, 0.25) is 0 Å². The second kappa shape index (κ2) is 10.2. The van der Waals surface area contributed by atoms with E-state index < -0.39 is 5.91 Å². The summed E-state index contributed by atoms with van der Waals surface area (Å²) in [5, 5.41) is 0. The molecule has 0 aliphatic carbocycles. The van der Waals surface area contributed by atoms with Crippen LogP contribution in [0, 0.1) is 0 Å². The minimum Gasteiger partial charge on any atom is -1.00 e. The van der Waals surface area contributed by atoms with E-state index >= 15 is 0 Å². The standard InChI is InChI=1S/C14H20N2O3.ClH/c1-2-3-4-5-10-19-13(17)11-16-8-6-12(7-9-16)14(15)18;/h6-9H,2-5,10-11H2,1H3,(H-,15,18);1H. The Morgan fingerprint density at radius 1 is 1.20 bits per heavy atom. The number of hydrogen-bond donors (Lipinski definition) is 1. The van der Waals surface area contributed by atoms with Gasteiger partial charge in [-0.05, 0) is 6.42 Å². The SMILES string of the molecule is CCCCCCOC(=O)C[n+]1ccc(C(N)=O)cc1.[Cl-]. The Balaban J connectivity index is 0.00000361. The van der Waals surface area contributed by atoms with Gasteiger partial charge in [0.2, 0.25) is 12.5 Å². The molecule has 1 rings (SSSR count). The summed E-state index contributed by atoms with van der Waals surface area (Å²) in [5.74, 6) is -0.751. The van der Waals surface area contributed by atoms with Gasteiger partial charge < -0.3 is 22.9 Å². The summed E-state index contributed by atoms with van der Waals surface area (Å²) in [4.78, 5) is 22.4. The molecule has 20 heavy (non-hydrogen) atoms. The zero-order valence-corrected chi connectivity index (χ0v) is 12.4. The third kappa shape index (κ3) is 7.09. The number of nitrogens with two attached hydrogens (primary N) is 1. The van der Waals surface area contributed by atoms with Crippen LogP contribution in [0.5, 0.6) is 0 Å². The van der Waals surface area contributed by atoms with Crippen LogP contribution in [0.1, 0.15) is 43.0 Å². The highest BCUT2D eigenvalue weighted by Gasteiger charge is 2.11. The lowest BCUT2D eigenvalue weighted by molar-refractivity contribution is -0.686. The number of esters is 1. The first kappa shape index (κ1) is 18.4. The Morgan fingerprint density at radius 2 is 1.85 bits per heavy atom. The summed E-state index contributed by atoms with van der Waals surface area (Å²) in [5.41, 5.74) is 5.55. The predicted molar refractivity (Wildman–Crippen MR) is 70.3 cm³/mol. The lowest BCUT2D eigenvalue weighted by atomic mass is 10.2. The molecule has 1 heterocycles. The maximum Gasteiger partial charge on any atom is 0.372 e. The minimum atomic E-state index is -0.481. The van der Waals surface area contributed by atoms with Crippen LogP contribution in [0.25, 0.3) is 0 Å². The second-order valence-corrected chi connectivity index (χ2v) is 4.40. The van der Waals surface area contributed by atoms with Crippen LogP contribution in [-0.4, -0.2) is 18.5 Å². The highest BCUT2D eigenvalue weighted by molar-refractivity contribution is 5.92. The minimum absolute atomic E-state index is 0. The number of ether oxygens (including phenoxy) is 1. The molecule has 1 aromatic rings. The third-order valence-electron chi connectivity index (χ3n) is 2.75. The van der Waals surface area contributed by atoms with Crippen LogP contribution in [0.4, 0.5) is 0 Å². The molecule has 0 aromatic carbocycles. The summed E-state index contributed by atoms with van der Waals surface area (Å²) in [7, 11) is 0. The van der Waals surface area contributed by atoms with Gasteiger partial charge in [-0.3, -0.25) is 4.79 Å². The van der Waals surface area contributed by atoms with Gasteiger partial charge in [0.15, 0.2) is 12.4 Å². The lowest BCUT2D eigenvalue weighted by Gasteiger charge is -2.02. The first-order valence-electron chi connectivity index (χ1n) is 6.58. The molecule has 0 aliphatic heterocycles. The average molecular weight is 301 g/mol. The molecule has 1 amide bonds. The zero-order chi connectivity index (χ0) is 14.1. The number of amides is 1. The summed E-state index contributed by atoms with van der Waals surface area (Å²) in [6, 6.07) is 3.16. The first-order valence-corrected chi connectivity index (χ1v) is 6.58. The number of primary amides is 1. The van der Waals surface area contributed by atoms with Crippen molar-refractivity contribution >= 4 is 11.9 Å². The monoisotopic (exact) mass is 300 g/mol. The highest BCUT2D eigenvalue weighted by atomic mass is 35.5. The van der Waals surface area contributed by atoms with Crippen molar-refractivity contribution in [1.29, 1.82) is 0 Å². The molecule has 0 fully saturated rings. The molecule has 0 saturated heterocycles. The average Bonchev–Trinajstić information content (AvgIpc) is 2.39. The largest absolute Gasteiger partial charge is 1.00 e. The van der Waals surface area contributed by atoms with Gasteiger partial charge >= 0.3 is 5.97 Å². The van der Waals surface area contributed by atoms with Crippen molar-refractivity contribution in [3.63, 3.8) is 0 Å². The number of carbonyl (C=O) groups excluding carboxylic acids is 2. The molecule has 2 N–H and O–H groups in total. The van der Waals surface area contributed by atoms with Gasteiger partial charge in [0.1, 0.15) is 0 Å². The Hall–Kier alpha value is -1.62. The van der Waals surface area contributed by atoms with Crippen LogP contribution in [-0.2, 0) is 16.1 Å². The number of halogens is 1. The summed E-state index contributed by atoms with van der Waals surface area (Å²) in [6.45, 7) is 2.75. The zero-order valence-electron chi connectivity index (χ0n) is 11.7. The van der Waals surface area contributed by atoms with E-state index in [1.165, 1.54) is 6.42 Å². The van der Waals surface area contributed by atoms with E-state index in [0.717, 1.165) is 19.3 Å². The van der Waals surface area contributed by atoms with Crippen LogP contribution in [0.15, 0.2) is 24.5 Å². The molecular formula is C14H21ClN2O3. The normalized spacial score (nSPS) is 9.65. The van der Waals surface area contributed by atoms with Crippen LogP contribution < -0.4 is 22.7 Å². The molecule has 6 heteroatoms. The molecule has 0 saturated carbocycles. The summed E-state index contributed by atoms with van der Waals surface area (Å²) >= 11 is 0. The summed E-state index contributed by atoms with van der Waals surface area (Å²) in [6.07, 6.45) is 7.60. The van der Waals surface area contributed by atoms with E-state index in [0.29, 0.717) is 12.2 Å². The van der Waals surface area contributed by atoms with E-state index in [1.807, 2.05) is 0 Å². The summed E-state index contributed by atoms with van der Waals surface area (Å²) < 4.78 is 6.77. The van der Waals surface area contributed by atoms with Crippen molar-refractivity contribution in [1.82, 2.24) is 0 Å². The van der Waals surface area contributed by atoms with Crippen LogP contribution in [0.3, 0.4) is 0 Å². The Labute approximate surface area is 125 Å². The Kier molecular flexibility index (Phi) is 9.38. The quantitative estimate of drug-likeness (QED) is 0.350. The molecule has 0 unspecified atom stereocenters. The van der Waals surface area contributed by atoms with E-state index in [-0.39, 0.29) is 24.9 Å². The maximum atomic E-state index is 11.5. The second-order valence-electron chi connectivity index (χ2n) is 4.40. The predicted octanol–water partition coefficient (Wildman–Crippen LogP) is -1.80. The van der Waals surface area contributed by atoms with Crippen molar-refractivity contribution in [2.45, 2.75) is 39.2 Å². The molecule has 0 spiro atoms. The molecule has 0 atom stereocenters. The Morgan fingerprint density at radius 3 is 2.40 bits per heavy atom. The van der Waals surface area contributed by atoms with Gasteiger partial charge in [-0.15, -0.1) is 0 Å². The van der Waals surface area contributed by atoms with Crippen molar-refractivity contribution in [2.24, 2.45) is 5.73 Å². The molecule has 0 radical (unpaired) electrons. The topological polar surface area (TPSA) is 73.3 Å². The van der Waals surface area contributed by atoms with E-state index in [4.69, 9.17) is 10.5 Å². The fraction of sp³-hybridized carbons (Fsp3) is 0.500. The molecule has 5 nitrogen and oxygen atoms in total. The number of carbonyl (C=O) groups is 2. The first-order chi connectivity index (χ1) is 9.13. The third-order valence-corrected chi connectivity index (χ3v) is 2.75. The van der Waals surface area contributed by atoms with Gasteiger partial charge in [0, 0.05) is 12.1 Å². The molecule has 1 aromatic heterocycles. The van der Waals surface area contributed by atoms with Gasteiger partial charge in [0.05, 0.1) is 12.2 Å². The molecular weight excluding hydrogens is 280 g/mol. The van der Waals surface area contributed by atoms with Crippen molar-refractivity contribution in [3.05, 3.63) is 30.1 Å². The van der Waals surface area contributed by atoms with E-state index in [1.54, 1.807) is 29.1 Å². The van der Waals surface area contributed by atoms with Crippen LogP contribution >= 0.6 is 0 Å². The van der Waals surface area contributed by atoms with Crippen molar-refractivity contribution in [2.75, 3.05) is 6.61 Å². The number of pyridine rings is 1. The molecule has 112 valence electrons. The highest BCUT2D eigenvalue weighted by Crippen LogP contribution is 1.99. The van der Waals surface area contributed by atoms with E-state index in [2.05, 4.69) is 6.92 Å². The molecule has 0 bridgehead atoms. The number of nitrogens with zero attached hydrogens (tertiary/aromatic N) is 1. The van der Waals surface area contributed by atoms with Gasteiger partial charge in [0.25, 0.3) is 0 Å². The van der Waals surface area contributed by atoms with Crippen molar-refractivity contribution < 1.29 is 31.3 Å². The lowest BCUT2D eigenvalue weighted by Crippen LogP contribution is -3.00. The van der Waals surface area contributed by atoms with Crippen molar-refractivity contribution in [3.8, 4) is 0 Å². The van der Waals surface area contributed by atoms with E-state index in [9.17, 15) is 9.59 Å². The molecule has 0 aliphatic rings.